The van der Waals surface area contributed by atoms with Gasteiger partial charge < -0.3 is 9.47 Å². The second kappa shape index (κ2) is 9.63. The number of hydrogen-bond donors (Lipinski definition) is 0. The Labute approximate surface area is 171 Å². The summed E-state index contributed by atoms with van der Waals surface area (Å²) >= 11 is 0. The molecule has 0 bridgehead atoms. The monoisotopic (exact) mass is 401 g/mol. The Morgan fingerprint density at radius 3 is 2.34 bits per heavy atom. The van der Waals surface area contributed by atoms with Gasteiger partial charge in [-0.15, -0.1) is 0 Å². The van der Waals surface area contributed by atoms with Crippen molar-refractivity contribution < 1.29 is 23.5 Å². The number of alkyl halides is 1. The molecule has 2 aromatic rings. The highest BCUT2D eigenvalue weighted by molar-refractivity contribution is 5.89. The standard InChI is InChI=1S/C23H28FNO4/c1-6-28-22(27)20-14-18(13-15(2)25-20)19(24)12-9-16-7-10-17(11-8-16)21(26)29-23(3,4)5/h7-8,10-11,13-14,19H,6,9,12H2,1-5H3. The summed E-state index contributed by atoms with van der Waals surface area (Å²) in [5.41, 5.74) is 1.91. The number of benzene rings is 1. The summed E-state index contributed by atoms with van der Waals surface area (Å²) in [5, 5.41) is 0. The number of nitrogens with zero attached hydrogens (tertiary/aromatic N) is 1. The molecule has 0 amide bonds. The molecule has 1 aromatic carbocycles. The van der Waals surface area contributed by atoms with Crippen LogP contribution in [0, 0.1) is 6.92 Å². The summed E-state index contributed by atoms with van der Waals surface area (Å²) in [4.78, 5) is 28.1. The van der Waals surface area contributed by atoms with E-state index < -0.39 is 17.7 Å². The van der Waals surface area contributed by atoms with Crippen molar-refractivity contribution in [2.24, 2.45) is 0 Å². The van der Waals surface area contributed by atoms with E-state index >= 15 is 0 Å². The minimum Gasteiger partial charge on any atom is -0.461 e. The first-order chi connectivity index (χ1) is 13.6. The van der Waals surface area contributed by atoms with Gasteiger partial charge in [0.15, 0.2) is 0 Å². The molecule has 156 valence electrons. The number of aromatic nitrogens is 1. The van der Waals surface area contributed by atoms with Gasteiger partial charge in [0.25, 0.3) is 0 Å². The third-order valence-corrected chi connectivity index (χ3v) is 4.10. The van der Waals surface area contributed by atoms with E-state index in [1.165, 1.54) is 6.07 Å². The molecule has 1 heterocycles. The molecule has 0 aliphatic carbocycles. The summed E-state index contributed by atoms with van der Waals surface area (Å²) in [5.74, 6) is -0.937. The smallest absolute Gasteiger partial charge is 0.356 e. The van der Waals surface area contributed by atoms with Gasteiger partial charge in [0.05, 0.1) is 12.2 Å². The zero-order valence-electron chi connectivity index (χ0n) is 17.6. The van der Waals surface area contributed by atoms with Crippen LogP contribution in [0.3, 0.4) is 0 Å². The molecule has 0 saturated carbocycles. The summed E-state index contributed by atoms with van der Waals surface area (Å²) in [6.07, 6.45) is -0.501. The summed E-state index contributed by atoms with van der Waals surface area (Å²) in [7, 11) is 0. The van der Waals surface area contributed by atoms with Crippen molar-refractivity contribution in [2.75, 3.05) is 6.61 Å². The third-order valence-electron chi connectivity index (χ3n) is 4.10. The highest BCUT2D eigenvalue weighted by atomic mass is 19.1. The molecule has 0 spiro atoms. The molecular formula is C23H28FNO4. The summed E-state index contributed by atoms with van der Waals surface area (Å²) < 4.78 is 25.1. The largest absolute Gasteiger partial charge is 0.461 e. The van der Waals surface area contributed by atoms with Gasteiger partial charge in [-0.2, -0.15) is 0 Å². The average molecular weight is 401 g/mol. The highest BCUT2D eigenvalue weighted by Crippen LogP contribution is 2.25. The van der Waals surface area contributed by atoms with Gasteiger partial charge in [0.1, 0.15) is 17.5 Å². The van der Waals surface area contributed by atoms with Crippen molar-refractivity contribution in [3.05, 3.63) is 64.5 Å². The molecule has 1 aromatic heterocycles. The Bertz CT molecular complexity index is 856. The molecule has 0 aliphatic rings. The fourth-order valence-corrected chi connectivity index (χ4v) is 2.79. The van der Waals surface area contributed by atoms with Crippen LogP contribution in [-0.4, -0.2) is 29.1 Å². The Morgan fingerprint density at radius 2 is 1.76 bits per heavy atom. The molecule has 0 fully saturated rings. The number of pyridine rings is 1. The third kappa shape index (κ3) is 6.97. The first kappa shape index (κ1) is 22.5. The molecule has 0 aliphatic heterocycles. The molecular weight excluding hydrogens is 373 g/mol. The molecule has 0 N–H and O–H groups in total. The number of hydrogen-bond acceptors (Lipinski definition) is 5. The first-order valence-corrected chi connectivity index (χ1v) is 9.71. The lowest BCUT2D eigenvalue weighted by Crippen LogP contribution is -2.23. The number of rotatable bonds is 7. The molecule has 6 heteroatoms. The van der Waals surface area contributed by atoms with Crippen LogP contribution in [0.2, 0.25) is 0 Å². The lowest BCUT2D eigenvalue weighted by atomic mass is 10.0. The van der Waals surface area contributed by atoms with Gasteiger partial charge in [0, 0.05) is 5.69 Å². The lowest BCUT2D eigenvalue weighted by Gasteiger charge is -2.19. The Balaban J connectivity index is 2.01. The van der Waals surface area contributed by atoms with Gasteiger partial charge in [-0.3, -0.25) is 0 Å². The van der Waals surface area contributed by atoms with Crippen LogP contribution in [0.5, 0.6) is 0 Å². The van der Waals surface area contributed by atoms with Crippen molar-refractivity contribution in [2.45, 2.75) is 59.2 Å². The van der Waals surface area contributed by atoms with E-state index in [1.807, 2.05) is 20.8 Å². The van der Waals surface area contributed by atoms with Crippen LogP contribution in [0.15, 0.2) is 36.4 Å². The number of esters is 2. The van der Waals surface area contributed by atoms with Crippen LogP contribution in [0.4, 0.5) is 4.39 Å². The molecule has 0 radical (unpaired) electrons. The number of ether oxygens (including phenoxy) is 2. The maximum absolute atomic E-state index is 14.8. The lowest BCUT2D eigenvalue weighted by molar-refractivity contribution is 0.00692. The Kier molecular flexibility index (Phi) is 7.48. The number of carbonyl (C=O) groups excluding carboxylic acids is 2. The minimum atomic E-state index is -1.24. The van der Waals surface area contributed by atoms with E-state index in [9.17, 15) is 14.0 Å². The molecule has 1 atom stereocenters. The van der Waals surface area contributed by atoms with Crippen molar-refractivity contribution in [3.63, 3.8) is 0 Å². The van der Waals surface area contributed by atoms with Crippen LogP contribution in [-0.2, 0) is 15.9 Å². The SMILES string of the molecule is CCOC(=O)c1cc(C(F)CCc2ccc(C(=O)OC(C)(C)C)cc2)cc(C)n1. The van der Waals surface area contributed by atoms with Crippen LogP contribution in [0.25, 0.3) is 0 Å². The zero-order chi connectivity index (χ0) is 21.6. The number of carbonyl (C=O) groups is 2. The van der Waals surface area contributed by atoms with Crippen molar-refractivity contribution in [1.82, 2.24) is 4.98 Å². The zero-order valence-corrected chi connectivity index (χ0v) is 17.6. The fourth-order valence-electron chi connectivity index (χ4n) is 2.79. The maximum Gasteiger partial charge on any atom is 0.356 e. The Hall–Kier alpha value is -2.76. The van der Waals surface area contributed by atoms with Crippen LogP contribution in [0.1, 0.15) is 78.0 Å². The van der Waals surface area contributed by atoms with Gasteiger partial charge in [-0.25, -0.2) is 19.0 Å². The van der Waals surface area contributed by atoms with E-state index in [0.29, 0.717) is 23.2 Å². The predicted molar refractivity (Wildman–Crippen MR) is 109 cm³/mol. The van der Waals surface area contributed by atoms with E-state index in [2.05, 4.69) is 4.98 Å². The minimum absolute atomic E-state index is 0.117. The fraction of sp³-hybridized carbons (Fsp3) is 0.435. The Morgan fingerprint density at radius 1 is 1.10 bits per heavy atom. The topological polar surface area (TPSA) is 65.5 Å². The molecule has 2 rings (SSSR count). The normalized spacial score (nSPS) is 12.3. The molecule has 0 saturated heterocycles. The predicted octanol–water partition coefficient (Wildman–Crippen LogP) is 5.17. The quantitative estimate of drug-likeness (QED) is 0.599. The van der Waals surface area contributed by atoms with E-state index in [-0.39, 0.29) is 24.7 Å². The van der Waals surface area contributed by atoms with Gasteiger partial charge >= 0.3 is 11.9 Å². The highest BCUT2D eigenvalue weighted by Gasteiger charge is 2.18. The second-order valence-electron chi connectivity index (χ2n) is 7.85. The van der Waals surface area contributed by atoms with E-state index in [1.54, 1.807) is 44.2 Å². The van der Waals surface area contributed by atoms with Crippen molar-refractivity contribution in [1.29, 1.82) is 0 Å². The summed E-state index contributed by atoms with van der Waals surface area (Å²) in [6, 6.07) is 10.1. The summed E-state index contributed by atoms with van der Waals surface area (Å²) in [6.45, 7) is 9.11. The van der Waals surface area contributed by atoms with Gasteiger partial charge in [0.2, 0.25) is 0 Å². The maximum atomic E-state index is 14.8. The van der Waals surface area contributed by atoms with Crippen molar-refractivity contribution in [3.8, 4) is 0 Å². The van der Waals surface area contributed by atoms with Crippen molar-refractivity contribution >= 4 is 11.9 Å². The first-order valence-electron chi connectivity index (χ1n) is 9.71. The average Bonchev–Trinajstić information content (AvgIpc) is 2.64. The molecule has 1 unspecified atom stereocenters. The second-order valence-corrected chi connectivity index (χ2v) is 7.85. The van der Waals surface area contributed by atoms with E-state index in [4.69, 9.17) is 9.47 Å². The molecule has 5 nitrogen and oxygen atoms in total. The molecule has 29 heavy (non-hydrogen) atoms. The number of aryl methyl sites for hydroxylation is 2. The van der Waals surface area contributed by atoms with Crippen LogP contribution >= 0.6 is 0 Å². The van der Waals surface area contributed by atoms with E-state index in [0.717, 1.165) is 5.56 Å². The van der Waals surface area contributed by atoms with Gasteiger partial charge in [-0.1, -0.05) is 12.1 Å². The van der Waals surface area contributed by atoms with Crippen LogP contribution < -0.4 is 0 Å². The number of halogens is 1. The van der Waals surface area contributed by atoms with Gasteiger partial charge in [-0.05, 0) is 82.9 Å².